The van der Waals surface area contributed by atoms with Gasteiger partial charge in [-0.3, -0.25) is 14.7 Å². The van der Waals surface area contributed by atoms with Gasteiger partial charge in [0, 0.05) is 20.5 Å². The summed E-state index contributed by atoms with van der Waals surface area (Å²) in [5, 5.41) is 9.33. The third-order valence-electron chi connectivity index (χ3n) is 4.28. The Morgan fingerprint density at radius 3 is 2.76 bits per heavy atom. The van der Waals surface area contributed by atoms with E-state index >= 15 is 0 Å². The Labute approximate surface area is 125 Å². The van der Waals surface area contributed by atoms with Gasteiger partial charge in [-0.2, -0.15) is 5.10 Å². The van der Waals surface area contributed by atoms with Crippen LogP contribution in [0.15, 0.2) is 6.20 Å². The number of hydrogen-bond donors (Lipinski definition) is 2. The lowest BCUT2D eigenvalue weighted by Gasteiger charge is -2.28. The Hall–Kier alpha value is -1.85. The quantitative estimate of drug-likeness (QED) is 0.893. The molecule has 21 heavy (non-hydrogen) atoms. The number of aromatic nitrogens is 2. The first-order chi connectivity index (χ1) is 9.99. The zero-order chi connectivity index (χ0) is 15.4. The van der Waals surface area contributed by atoms with Gasteiger partial charge in [0.25, 0.3) is 5.91 Å². The van der Waals surface area contributed by atoms with Crippen LogP contribution >= 0.6 is 0 Å². The van der Waals surface area contributed by atoms with Crippen LogP contribution in [0.1, 0.15) is 49.4 Å². The van der Waals surface area contributed by atoms with E-state index in [-0.39, 0.29) is 11.8 Å². The highest BCUT2D eigenvalue weighted by atomic mass is 16.2. The molecule has 6 heteroatoms. The molecule has 1 aliphatic carbocycles. The first kappa shape index (κ1) is 15.5. The highest BCUT2D eigenvalue weighted by Gasteiger charge is 2.25. The Morgan fingerprint density at radius 1 is 1.38 bits per heavy atom. The standard InChI is InChI=1S/C15H24N4O2/c1-10-6-4-5-7-11(10)8-13(20)17-14-12(9-16-18-14)15(21)19(2)3/h9-11H,4-8H2,1-3H3,(H2,16,17,18,20). The summed E-state index contributed by atoms with van der Waals surface area (Å²) in [7, 11) is 3.34. The van der Waals surface area contributed by atoms with Gasteiger partial charge in [0.15, 0.2) is 0 Å². The van der Waals surface area contributed by atoms with Crippen LogP contribution in [0.5, 0.6) is 0 Å². The normalized spacial score (nSPS) is 21.9. The Kier molecular flexibility index (Phi) is 4.98. The lowest BCUT2D eigenvalue weighted by atomic mass is 9.78. The van der Waals surface area contributed by atoms with Gasteiger partial charge in [-0.05, 0) is 18.3 Å². The number of amides is 2. The van der Waals surface area contributed by atoms with Crippen molar-refractivity contribution in [3.05, 3.63) is 11.8 Å². The summed E-state index contributed by atoms with van der Waals surface area (Å²) in [5.41, 5.74) is 0.394. The molecule has 1 aliphatic rings. The molecule has 0 aromatic carbocycles. The smallest absolute Gasteiger partial charge is 0.258 e. The molecule has 2 unspecified atom stereocenters. The molecule has 6 nitrogen and oxygen atoms in total. The molecule has 0 saturated heterocycles. The van der Waals surface area contributed by atoms with Crippen LogP contribution < -0.4 is 5.32 Å². The molecule has 1 saturated carbocycles. The van der Waals surface area contributed by atoms with Gasteiger partial charge in [-0.25, -0.2) is 0 Å². The molecular weight excluding hydrogens is 268 g/mol. The number of hydrogen-bond acceptors (Lipinski definition) is 3. The summed E-state index contributed by atoms with van der Waals surface area (Å²) in [5.74, 6) is 1.20. The van der Waals surface area contributed by atoms with Gasteiger partial charge < -0.3 is 10.2 Å². The highest BCUT2D eigenvalue weighted by Crippen LogP contribution is 2.32. The molecule has 1 aromatic rings. The second-order valence-electron chi connectivity index (χ2n) is 6.13. The molecule has 2 rings (SSSR count). The van der Waals surface area contributed by atoms with E-state index in [9.17, 15) is 9.59 Å². The van der Waals surface area contributed by atoms with E-state index in [2.05, 4.69) is 22.4 Å². The van der Waals surface area contributed by atoms with E-state index in [1.165, 1.54) is 30.4 Å². The molecule has 1 aromatic heterocycles. The number of carbonyl (C=O) groups is 2. The minimum absolute atomic E-state index is 0.0502. The molecular formula is C15H24N4O2. The molecule has 2 N–H and O–H groups in total. The Bertz CT molecular complexity index is 510. The largest absolute Gasteiger partial charge is 0.345 e. The van der Waals surface area contributed by atoms with Gasteiger partial charge in [0.05, 0.1) is 6.20 Å². The van der Waals surface area contributed by atoms with Crippen LogP contribution in [0.25, 0.3) is 0 Å². The average molecular weight is 292 g/mol. The van der Waals surface area contributed by atoms with E-state index in [0.29, 0.717) is 29.6 Å². The number of H-pyrrole nitrogens is 1. The van der Waals surface area contributed by atoms with Crippen molar-refractivity contribution >= 4 is 17.6 Å². The molecule has 2 atom stereocenters. The predicted octanol–water partition coefficient (Wildman–Crippen LogP) is 2.27. The number of rotatable bonds is 4. The van der Waals surface area contributed by atoms with Crippen LogP contribution in [0.2, 0.25) is 0 Å². The predicted molar refractivity (Wildman–Crippen MR) is 81.0 cm³/mol. The minimum Gasteiger partial charge on any atom is -0.345 e. The third-order valence-corrected chi connectivity index (χ3v) is 4.28. The number of nitrogens with zero attached hydrogens (tertiary/aromatic N) is 2. The number of anilines is 1. The molecule has 1 fully saturated rings. The van der Waals surface area contributed by atoms with E-state index in [1.54, 1.807) is 14.1 Å². The summed E-state index contributed by atoms with van der Waals surface area (Å²) in [6.45, 7) is 2.22. The maximum Gasteiger partial charge on any atom is 0.258 e. The van der Waals surface area contributed by atoms with Crippen LogP contribution in [0, 0.1) is 11.8 Å². The molecule has 1 heterocycles. The number of carbonyl (C=O) groups excluding carboxylic acids is 2. The summed E-state index contributed by atoms with van der Waals surface area (Å²) in [6.07, 6.45) is 6.74. The lowest BCUT2D eigenvalue weighted by molar-refractivity contribution is -0.117. The van der Waals surface area contributed by atoms with Crippen molar-refractivity contribution in [2.45, 2.75) is 39.0 Å². The van der Waals surface area contributed by atoms with Crippen molar-refractivity contribution in [3.63, 3.8) is 0 Å². The maximum absolute atomic E-state index is 12.2. The molecule has 0 spiro atoms. The van der Waals surface area contributed by atoms with Crippen LogP contribution in [-0.4, -0.2) is 41.0 Å². The fraction of sp³-hybridized carbons (Fsp3) is 0.667. The lowest BCUT2D eigenvalue weighted by Crippen LogP contribution is -2.26. The highest BCUT2D eigenvalue weighted by molar-refractivity contribution is 6.02. The van der Waals surface area contributed by atoms with Crippen molar-refractivity contribution in [2.24, 2.45) is 11.8 Å². The van der Waals surface area contributed by atoms with Crippen molar-refractivity contribution in [2.75, 3.05) is 19.4 Å². The van der Waals surface area contributed by atoms with Crippen LogP contribution in [-0.2, 0) is 4.79 Å². The monoisotopic (exact) mass is 292 g/mol. The van der Waals surface area contributed by atoms with Gasteiger partial charge in [-0.15, -0.1) is 0 Å². The summed E-state index contributed by atoms with van der Waals surface area (Å²) < 4.78 is 0. The van der Waals surface area contributed by atoms with Crippen molar-refractivity contribution < 1.29 is 9.59 Å². The van der Waals surface area contributed by atoms with Gasteiger partial charge >= 0.3 is 0 Å². The zero-order valence-corrected chi connectivity index (χ0v) is 13.0. The zero-order valence-electron chi connectivity index (χ0n) is 13.0. The van der Waals surface area contributed by atoms with Crippen molar-refractivity contribution in [1.29, 1.82) is 0 Å². The first-order valence-electron chi connectivity index (χ1n) is 7.54. The Morgan fingerprint density at radius 2 is 2.10 bits per heavy atom. The molecule has 0 aliphatic heterocycles. The maximum atomic E-state index is 12.2. The topological polar surface area (TPSA) is 78.1 Å². The SMILES string of the molecule is CC1CCCCC1CC(=O)Nc1[nH]ncc1C(=O)N(C)C. The van der Waals surface area contributed by atoms with Gasteiger partial charge in [0.1, 0.15) is 11.4 Å². The van der Waals surface area contributed by atoms with E-state index in [1.807, 2.05) is 0 Å². The second kappa shape index (κ2) is 6.74. The Balaban J connectivity index is 1.97. The molecule has 0 bridgehead atoms. The first-order valence-corrected chi connectivity index (χ1v) is 7.54. The fourth-order valence-electron chi connectivity index (χ4n) is 2.91. The average Bonchev–Trinajstić information content (AvgIpc) is 2.88. The third kappa shape index (κ3) is 3.83. The van der Waals surface area contributed by atoms with Gasteiger partial charge in [0.2, 0.25) is 5.91 Å². The van der Waals surface area contributed by atoms with Crippen LogP contribution in [0.4, 0.5) is 5.82 Å². The fourth-order valence-corrected chi connectivity index (χ4v) is 2.91. The van der Waals surface area contributed by atoms with Gasteiger partial charge in [-0.1, -0.05) is 26.2 Å². The van der Waals surface area contributed by atoms with Crippen LogP contribution in [0.3, 0.4) is 0 Å². The van der Waals surface area contributed by atoms with E-state index in [4.69, 9.17) is 0 Å². The number of nitrogens with one attached hydrogen (secondary N) is 2. The molecule has 2 amide bonds. The summed E-state index contributed by atoms with van der Waals surface area (Å²) in [4.78, 5) is 25.6. The molecule has 116 valence electrons. The van der Waals surface area contributed by atoms with Crippen molar-refractivity contribution in [3.8, 4) is 0 Å². The molecule has 0 radical (unpaired) electrons. The summed E-state index contributed by atoms with van der Waals surface area (Å²) in [6, 6.07) is 0. The summed E-state index contributed by atoms with van der Waals surface area (Å²) >= 11 is 0. The van der Waals surface area contributed by atoms with Crippen molar-refractivity contribution in [1.82, 2.24) is 15.1 Å². The number of aromatic amines is 1. The second-order valence-corrected chi connectivity index (χ2v) is 6.13. The van der Waals surface area contributed by atoms with E-state index < -0.39 is 0 Å². The minimum atomic E-state index is -0.176. The van der Waals surface area contributed by atoms with E-state index in [0.717, 1.165) is 6.42 Å².